The van der Waals surface area contributed by atoms with Gasteiger partial charge in [-0.2, -0.15) is 0 Å². The first-order valence-corrected chi connectivity index (χ1v) is 15.6. The number of halogens is 5. The SMILES string of the molecule is CCn1nnc(C)c1[C@@H]([SH]1C[C@H](OC)[C@@H](n2cc(-c3cc(F)c(F)c(F)c3)nn2)[C@@H](O)[C@H]1CO)C1(O)CCC(F)(F)CC1. The Morgan fingerprint density at radius 2 is 1.74 bits per heavy atom. The summed E-state index contributed by atoms with van der Waals surface area (Å²) in [5.41, 5.74) is -0.555. The Bertz CT molecular complexity index is 1420. The highest BCUT2D eigenvalue weighted by atomic mass is 32.2. The van der Waals surface area contributed by atoms with Crippen LogP contribution in [-0.4, -0.2) is 93.8 Å². The molecule has 6 atom stereocenters. The average Bonchev–Trinajstić information content (AvgIpc) is 3.60. The zero-order valence-electron chi connectivity index (χ0n) is 23.8. The summed E-state index contributed by atoms with van der Waals surface area (Å²) in [5.74, 6) is -7.10. The van der Waals surface area contributed by atoms with Crippen LogP contribution in [0.15, 0.2) is 18.3 Å². The minimum absolute atomic E-state index is 0.0112. The number of hydrogen-bond acceptors (Lipinski definition) is 8. The number of rotatable bonds is 8. The van der Waals surface area contributed by atoms with Crippen molar-refractivity contribution in [2.45, 2.75) is 86.3 Å². The molecule has 16 heteroatoms. The second kappa shape index (κ2) is 12.0. The molecule has 0 radical (unpaired) electrons. The average molecular weight is 635 g/mol. The standard InChI is InChI=1S/C27H35F5N6O4S/c1-4-37-22(14(2)33-35-37)25(26(41)5-7-27(31,32)8-6-26)43-13-19(42-3)23(24(40)20(43)12-39)38-11-18(34-36-38)15-9-16(28)21(30)17(29)10-15/h9-11,19-20,23-25,39-41,43H,4-8,12-13H2,1-3H3/t19-,20+,23+,24-,25+/m0/s1. The van der Waals surface area contributed by atoms with Crippen LogP contribution >= 0.6 is 10.9 Å². The van der Waals surface area contributed by atoms with E-state index in [1.807, 2.05) is 6.92 Å². The van der Waals surface area contributed by atoms with Gasteiger partial charge in [-0.05, 0) is 38.8 Å². The number of aryl methyl sites for hydroxylation is 2. The number of ether oxygens (including phenoxy) is 1. The molecule has 2 aromatic heterocycles. The lowest BCUT2D eigenvalue weighted by Crippen LogP contribution is -2.54. The molecule has 43 heavy (non-hydrogen) atoms. The summed E-state index contributed by atoms with van der Waals surface area (Å²) < 4.78 is 78.5. The van der Waals surface area contributed by atoms with E-state index in [2.05, 4.69) is 20.6 Å². The number of nitrogens with zero attached hydrogens (tertiary/aromatic N) is 6. The third-order valence-corrected chi connectivity index (χ3v) is 12.2. The van der Waals surface area contributed by atoms with E-state index in [9.17, 15) is 37.3 Å². The van der Waals surface area contributed by atoms with E-state index in [1.54, 1.807) is 11.6 Å². The van der Waals surface area contributed by atoms with Gasteiger partial charge in [-0.25, -0.2) is 42.2 Å². The van der Waals surface area contributed by atoms with Crippen LogP contribution < -0.4 is 0 Å². The summed E-state index contributed by atoms with van der Waals surface area (Å²) in [5, 5.41) is 49.2. The smallest absolute Gasteiger partial charge is 0.248 e. The summed E-state index contributed by atoms with van der Waals surface area (Å²) in [6, 6.07) is 0.637. The summed E-state index contributed by atoms with van der Waals surface area (Å²) in [4.78, 5) is 0. The second-order valence-corrected chi connectivity index (χ2v) is 13.9. The van der Waals surface area contributed by atoms with Crippen molar-refractivity contribution in [1.29, 1.82) is 0 Å². The summed E-state index contributed by atoms with van der Waals surface area (Å²) >= 11 is 0. The first kappa shape index (κ1) is 31.8. The lowest BCUT2D eigenvalue weighted by molar-refractivity contribution is -0.105. The van der Waals surface area contributed by atoms with Gasteiger partial charge in [-0.15, -0.1) is 10.2 Å². The first-order chi connectivity index (χ1) is 20.3. The Kier molecular flexibility index (Phi) is 8.88. The van der Waals surface area contributed by atoms with Crippen LogP contribution in [0.25, 0.3) is 11.3 Å². The second-order valence-electron chi connectivity index (χ2n) is 11.3. The summed E-state index contributed by atoms with van der Waals surface area (Å²) in [7, 11) is -0.139. The normalized spacial score (nSPS) is 28.6. The van der Waals surface area contributed by atoms with E-state index >= 15 is 0 Å². The van der Waals surface area contributed by atoms with Crippen LogP contribution in [0.3, 0.4) is 0 Å². The van der Waals surface area contributed by atoms with Crippen LogP contribution in [0.4, 0.5) is 22.0 Å². The largest absolute Gasteiger partial charge is 0.395 e. The third kappa shape index (κ3) is 5.79. The van der Waals surface area contributed by atoms with Crippen molar-refractivity contribution < 1.29 is 42.0 Å². The number of hydrogen-bond donors (Lipinski definition) is 4. The van der Waals surface area contributed by atoms with Crippen molar-refractivity contribution >= 4 is 10.9 Å². The van der Waals surface area contributed by atoms with Gasteiger partial charge in [0.1, 0.15) is 11.7 Å². The third-order valence-electron chi connectivity index (χ3n) is 8.72. The molecule has 3 aromatic rings. The molecule has 2 fully saturated rings. The van der Waals surface area contributed by atoms with Gasteiger partial charge in [-0.1, -0.05) is 10.4 Å². The highest BCUT2D eigenvalue weighted by molar-refractivity contribution is 8.18. The highest BCUT2D eigenvalue weighted by Gasteiger charge is 2.55. The van der Waals surface area contributed by atoms with Gasteiger partial charge in [0.05, 0.1) is 47.3 Å². The van der Waals surface area contributed by atoms with Crippen LogP contribution in [0.2, 0.25) is 0 Å². The quantitative estimate of drug-likeness (QED) is 0.169. The minimum Gasteiger partial charge on any atom is -0.395 e. The molecular weight excluding hydrogens is 599 g/mol. The molecule has 10 nitrogen and oxygen atoms in total. The maximum atomic E-state index is 14.3. The fourth-order valence-corrected chi connectivity index (χ4v) is 10.4. The van der Waals surface area contributed by atoms with Gasteiger partial charge in [-0.3, -0.25) is 0 Å². The fraction of sp³-hybridized carbons (Fsp3) is 0.630. The van der Waals surface area contributed by atoms with Gasteiger partial charge >= 0.3 is 0 Å². The van der Waals surface area contributed by atoms with Crippen LogP contribution in [-0.2, 0) is 11.3 Å². The Morgan fingerprint density at radius 3 is 2.33 bits per heavy atom. The Morgan fingerprint density at radius 1 is 1.09 bits per heavy atom. The van der Waals surface area contributed by atoms with Crippen molar-refractivity contribution in [3.63, 3.8) is 0 Å². The molecule has 0 spiro atoms. The number of methoxy groups -OCH3 is 1. The van der Waals surface area contributed by atoms with Gasteiger partial charge in [0, 0.05) is 43.1 Å². The fourth-order valence-electron chi connectivity index (χ4n) is 6.43. The molecule has 1 saturated heterocycles. The molecule has 1 aliphatic heterocycles. The monoisotopic (exact) mass is 634 g/mol. The minimum atomic E-state index is -2.91. The number of alkyl halides is 2. The molecule has 1 aliphatic carbocycles. The predicted molar refractivity (Wildman–Crippen MR) is 147 cm³/mol. The summed E-state index contributed by atoms with van der Waals surface area (Å²) in [6.45, 7) is 3.47. The summed E-state index contributed by atoms with van der Waals surface area (Å²) in [6.07, 6.45) is -2.12. The van der Waals surface area contributed by atoms with Crippen molar-refractivity contribution in [3.05, 3.63) is 47.2 Å². The molecule has 3 heterocycles. The molecule has 1 aromatic carbocycles. The molecule has 5 rings (SSSR count). The highest BCUT2D eigenvalue weighted by Crippen LogP contribution is 2.61. The Hall–Kier alpha value is -2.66. The molecule has 1 saturated carbocycles. The number of benzene rings is 1. The first-order valence-electron chi connectivity index (χ1n) is 14.0. The van der Waals surface area contributed by atoms with E-state index < -0.39 is 88.1 Å². The number of aromatic nitrogens is 6. The van der Waals surface area contributed by atoms with E-state index in [0.29, 0.717) is 17.9 Å². The zero-order valence-corrected chi connectivity index (χ0v) is 24.7. The molecule has 238 valence electrons. The maximum Gasteiger partial charge on any atom is 0.248 e. The van der Waals surface area contributed by atoms with Gasteiger partial charge in [0.25, 0.3) is 0 Å². The molecule has 1 unspecified atom stereocenters. The number of aliphatic hydroxyl groups is 3. The number of aliphatic hydroxyl groups excluding tert-OH is 2. The van der Waals surface area contributed by atoms with Gasteiger partial charge in [0.2, 0.25) is 5.92 Å². The molecular formula is C27H35F5N6O4S. The number of thiol groups is 1. The topological polar surface area (TPSA) is 131 Å². The maximum absolute atomic E-state index is 14.3. The van der Waals surface area contributed by atoms with E-state index in [-0.39, 0.29) is 29.9 Å². The molecule has 0 amide bonds. The lowest BCUT2D eigenvalue weighted by atomic mass is 9.79. The Labute approximate surface area is 247 Å². The predicted octanol–water partition coefficient (Wildman–Crippen LogP) is 3.26. The Balaban J connectivity index is 1.54. The van der Waals surface area contributed by atoms with E-state index in [1.165, 1.54) is 18.0 Å². The van der Waals surface area contributed by atoms with Gasteiger partial charge < -0.3 is 20.1 Å². The van der Waals surface area contributed by atoms with Crippen LogP contribution in [0.5, 0.6) is 0 Å². The van der Waals surface area contributed by atoms with Crippen molar-refractivity contribution in [1.82, 2.24) is 30.0 Å². The van der Waals surface area contributed by atoms with Crippen LogP contribution in [0, 0.1) is 24.4 Å². The zero-order chi connectivity index (χ0) is 31.3. The molecule has 3 N–H and O–H groups in total. The van der Waals surface area contributed by atoms with Crippen molar-refractivity contribution in [2.75, 3.05) is 19.5 Å². The van der Waals surface area contributed by atoms with Crippen molar-refractivity contribution in [3.8, 4) is 11.3 Å². The van der Waals surface area contributed by atoms with Crippen LogP contribution in [0.1, 0.15) is 55.3 Å². The van der Waals surface area contributed by atoms with Gasteiger partial charge in [0.15, 0.2) is 17.5 Å². The molecule has 2 aliphatic rings. The van der Waals surface area contributed by atoms with Crippen molar-refractivity contribution in [2.24, 2.45) is 0 Å². The molecule has 0 bridgehead atoms. The van der Waals surface area contributed by atoms with E-state index in [4.69, 9.17) is 4.74 Å². The van der Waals surface area contributed by atoms with E-state index in [0.717, 1.165) is 12.1 Å². The lowest BCUT2D eigenvalue weighted by Gasteiger charge is -2.53.